The Morgan fingerprint density at radius 3 is 2.26 bits per heavy atom. The van der Waals surface area contributed by atoms with Crippen molar-refractivity contribution >= 4 is 17.3 Å². The van der Waals surface area contributed by atoms with Crippen molar-refractivity contribution in [3.63, 3.8) is 0 Å². The van der Waals surface area contributed by atoms with Crippen LogP contribution in [0, 0.1) is 10.1 Å². The number of rotatable bonds is 3. The smallest absolute Gasteiger partial charge is 0.868 e. The van der Waals surface area contributed by atoms with Crippen LogP contribution in [0.15, 0.2) is 36.4 Å². The van der Waals surface area contributed by atoms with E-state index in [2.05, 4.69) is 0 Å². The maximum atomic E-state index is 12.5. The van der Waals surface area contributed by atoms with Gasteiger partial charge in [-0.05, 0) is 36.1 Å². The Balaban J connectivity index is 0.00000264. The van der Waals surface area contributed by atoms with E-state index < -0.39 is 28.1 Å². The number of nitro groups is 1. The molecule has 10 heteroatoms. The predicted molar refractivity (Wildman–Crippen MR) is 69.1 cm³/mol. The van der Waals surface area contributed by atoms with Crippen LogP contribution < -0.4 is 61.2 Å². The Kier molecular flexibility index (Phi) is 6.87. The van der Waals surface area contributed by atoms with Gasteiger partial charge in [0.25, 0.3) is 5.69 Å². The molecule has 0 fully saturated rings. The summed E-state index contributed by atoms with van der Waals surface area (Å²) in [6.45, 7) is 0. The summed E-state index contributed by atoms with van der Waals surface area (Å²) in [5.74, 6) is -1.06. The first kappa shape index (κ1) is 20.2. The molecule has 23 heavy (non-hydrogen) atoms. The number of hydrogen-bond donors (Lipinski definition) is 0. The fourth-order valence-electron chi connectivity index (χ4n) is 1.60. The average molecular weight is 372 g/mol. The molecule has 0 saturated carbocycles. The molecule has 0 unspecified atom stereocenters. The van der Waals surface area contributed by atoms with E-state index in [-0.39, 0.29) is 67.9 Å². The van der Waals surface area contributed by atoms with Crippen LogP contribution in [0.25, 0.3) is 0 Å². The maximum absolute atomic E-state index is 12.5. The minimum Gasteiger partial charge on any atom is -0.868 e. The fourth-order valence-corrected chi connectivity index (χ4v) is 1.81. The largest absolute Gasteiger partial charge is 1.00 e. The van der Waals surface area contributed by atoms with E-state index in [4.69, 9.17) is 16.3 Å². The number of alkyl halides is 3. The van der Waals surface area contributed by atoms with Crippen molar-refractivity contribution in [2.24, 2.45) is 0 Å². The van der Waals surface area contributed by atoms with E-state index >= 15 is 0 Å². The monoisotopic (exact) mass is 371 g/mol. The van der Waals surface area contributed by atoms with E-state index in [9.17, 15) is 28.4 Å². The van der Waals surface area contributed by atoms with Crippen molar-refractivity contribution < 1.29 is 79.3 Å². The van der Waals surface area contributed by atoms with Gasteiger partial charge in [-0.2, -0.15) is 13.2 Å². The zero-order valence-electron chi connectivity index (χ0n) is 11.6. The molecule has 0 aliphatic rings. The Morgan fingerprint density at radius 1 is 1.13 bits per heavy atom. The van der Waals surface area contributed by atoms with Gasteiger partial charge in [0.2, 0.25) is 0 Å². The van der Waals surface area contributed by atoms with Crippen LogP contribution in [0.4, 0.5) is 18.9 Å². The van der Waals surface area contributed by atoms with Crippen LogP contribution in [0.5, 0.6) is 17.2 Å². The van der Waals surface area contributed by atoms with Gasteiger partial charge < -0.3 is 9.84 Å². The van der Waals surface area contributed by atoms with Crippen molar-refractivity contribution in [1.82, 2.24) is 0 Å². The summed E-state index contributed by atoms with van der Waals surface area (Å²) in [5, 5.41) is 21.6. The van der Waals surface area contributed by atoms with Crippen LogP contribution in [-0.4, -0.2) is 4.92 Å². The molecule has 2 aromatic rings. The SMILES string of the molecule is O=[N+]([O-])c1ccc(Oc2ccc(C(F)(F)F)cc2Cl)cc1[O-].[K+]. The Morgan fingerprint density at radius 2 is 1.78 bits per heavy atom. The standard InChI is InChI=1S/C13H7ClF3NO4.K/c14-9-5-7(13(15,16)17)1-4-12(9)22-8-2-3-10(18(20)21)11(19)6-8;/h1-6,19H;/q;+1/p-1. The number of nitrogens with zero attached hydrogens (tertiary/aromatic N) is 1. The summed E-state index contributed by atoms with van der Waals surface area (Å²) in [6.07, 6.45) is -4.54. The van der Waals surface area contributed by atoms with Crippen molar-refractivity contribution in [1.29, 1.82) is 0 Å². The Bertz CT molecular complexity index is 740. The molecular weight excluding hydrogens is 366 g/mol. The van der Waals surface area contributed by atoms with Gasteiger partial charge in [0.05, 0.1) is 15.5 Å². The van der Waals surface area contributed by atoms with Gasteiger partial charge >= 0.3 is 57.6 Å². The second-order valence-corrected chi connectivity index (χ2v) is 4.54. The first-order chi connectivity index (χ1) is 10.2. The van der Waals surface area contributed by atoms with E-state index in [1.165, 1.54) is 0 Å². The van der Waals surface area contributed by atoms with Gasteiger partial charge in [-0.1, -0.05) is 11.6 Å². The molecule has 116 valence electrons. The first-order valence-electron chi connectivity index (χ1n) is 5.68. The second kappa shape index (κ2) is 7.82. The molecule has 0 spiro atoms. The third-order valence-corrected chi connectivity index (χ3v) is 2.91. The average Bonchev–Trinajstić information content (AvgIpc) is 2.39. The van der Waals surface area contributed by atoms with E-state index in [0.29, 0.717) is 6.07 Å². The minimum absolute atomic E-state index is 0. The van der Waals surface area contributed by atoms with E-state index in [1.807, 2.05) is 0 Å². The van der Waals surface area contributed by atoms with Crippen molar-refractivity contribution in [3.8, 4) is 17.2 Å². The molecule has 0 amide bonds. The summed E-state index contributed by atoms with van der Waals surface area (Å²) >= 11 is 5.70. The third kappa shape index (κ3) is 5.06. The van der Waals surface area contributed by atoms with E-state index in [1.54, 1.807) is 0 Å². The maximum Gasteiger partial charge on any atom is 1.00 e. The summed E-state index contributed by atoms with van der Waals surface area (Å²) in [6, 6.07) is 5.39. The molecule has 2 rings (SSSR count). The molecule has 0 aliphatic carbocycles. The summed E-state index contributed by atoms with van der Waals surface area (Å²) < 4.78 is 42.7. The molecule has 0 saturated heterocycles. The Labute approximate surface area is 175 Å². The fraction of sp³-hybridized carbons (Fsp3) is 0.0769. The minimum atomic E-state index is -4.54. The molecule has 5 nitrogen and oxygen atoms in total. The van der Waals surface area contributed by atoms with Gasteiger partial charge in [0, 0.05) is 6.07 Å². The van der Waals surface area contributed by atoms with Gasteiger partial charge in [0.15, 0.2) is 0 Å². The number of benzene rings is 2. The summed E-state index contributed by atoms with van der Waals surface area (Å²) in [5.41, 5.74) is -1.58. The van der Waals surface area contributed by atoms with Gasteiger partial charge in [-0.15, -0.1) is 0 Å². The zero-order valence-corrected chi connectivity index (χ0v) is 15.4. The number of hydrogen-bond acceptors (Lipinski definition) is 4. The van der Waals surface area contributed by atoms with E-state index in [0.717, 1.165) is 30.3 Å². The van der Waals surface area contributed by atoms with Crippen LogP contribution in [-0.2, 0) is 6.18 Å². The van der Waals surface area contributed by atoms with Crippen LogP contribution in [0.1, 0.15) is 5.56 Å². The topological polar surface area (TPSA) is 75.4 Å². The van der Waals surface area contributed by atoms with Crippen LogP contribution >= 0.6 is 11.6 Å². The van der Waals surface area contributed by atoms with Crippen LogP contribution in [0.3, 0.4) is 0 Å². The van der Waals surface area contributed by atoms with Crippen molar-refractivity contribution in [2.45, 2.75) is 6.18 Å². The van der Waals surface area contributed by atoms with Crippen molar-refractivity contribution in [2.75, 3.05) is 0 Å². The number of halogens is 4. The first-order valence-corrected chi connectivity index (χ1v) is 6.06. The number of ether oxygens (including phenoxy) is 1. The molecule has 0 N–H and O–H groups in total. The van der Waals surface area contributed by atoms with Gasteiger partial charge in [0.1, 0.15) is 11.5 Å². The molecular formula is C13H6ClF3KNO4. The van der Waals surface area contributed by atoms with Crippen molar-refractivity contribution in [3.05, 3.63) is 57.1 Å². The van der Waals surface area contributed by atoms with Gasteiger partial charge in [-0.25, -0.2) is 0 Å². The molecule has 0 radical (unpaired) electrons. The predicted octanol–water partition coefficient (Wildman–Crippen LogP) is 1.14. The molecule has 0 aromatic heterocycles. The van der Waals surface area contributed by atoms with Crippen LogP contribution in [0.2, 0.25) is 5.02 Å². The van der Waals surface area contributed by atoms with Gasteiger partial charge in [-0.3, -0.25) is 10.1 Å². The summed E-state index contributed by atoms with van der Waals surface area (Å²) in [7, 11) is 0. The zero-order chi connectivity index (χ0) is 16.5. The summed E-state index contributed by atoms with van der Waals surface area (Å²) in [4.78, 5) is 9.66. The normalized spacial score (nSPS) is 10.8. The molecule has 0 atom stereocenters. The Hall–Kier alpha value is -0.844. The molecule has 0 heterocycles. The quantitative estimate of drug-likeness (QED) is 0.460. The third-order valence-electron chi connectivity index (χ3n) is 2.61. The molecule has 0 bridgehead atoms. The molecule has 2 aromatic carbocycles. The molecule has 0 aliphatic heterocycles. The number of nitro benzene ring substituents is 1. The second-order valence-electron chi connectivity index (χ2n) is 4.13.